The number of hydrogen-bond donors (Lipinski definition) is 2. The first-order chi connectivity index (χ1) is 14.0. The van der Waals surface area contributed by atoms with Gasteiger partial charge < -0.3 is 9.15 Å². The fourth-order valence-electron chi connectivity index (χ4n) is 2.55. The van der Waals surface area contributed by atoms with Gasteiger partial charge in [0.15, 0.2) is 12.4 Å². The molecule has 10 nitrogen and oxygen atoms in total. The van der Waals surface area contributed by atoms with E-state index < -0.39 is 24.4 Å². The summed E-state index contributed by atoms with van der Waals surface area (Å²) in [4.78, 5) is 51.9. The molecular formula is C19H18N4O6. The zero-order chi connectivity index (χ0) is 20.8. The fraction of sp³-hybridized carbons (Fsp3) is 0.211. The number of rotatable bonds is 6. The van der Waals surface area contributed by atoms with Gasteiger partial charge in [-0.05, 0) is 24.3 Å². The topological polar surface area (TPSA) is 133 Å². The van der Waals surface area contributed by atoms with E-state index in [4.69, 9.17) is 9.15 Å². The van der Waals surface area contributed by atoms with E-state index in [1.807, 2.05) is 0 Å². The van der Waals surface area contributed by atoms with Crippen LogP contribution in [0.2, 0.25) is 0 Å². The number of furan rings is 1. The van der Waals surface area contributed by atoms with Crippen molar-refractivity contribution in [2.24, 2.45) is 7.05 Å². The highest BCUT2D eigenvalue weighted by atomic mass is 16.5. The molecule has 2 amide bonds. The summed E-state index contributed by atoms with van der Waals surface area (Å²) in [5.41, 5.74) is 4.57. The summed E-state index contributed by atoms with van der Waals surface area (Å²) < 4.78 is 11.1. The van der Waals surface area contributed by atoms with Crippen LogP contribution in [-0.2, 0) is 27.8 Å². The van der Waals surface area contributed by atoms with E-state index >= 15 is 0 Å². The summed E-state index contributed by atoms with van der Waals surface area (Å²) in [7, 11) is 1.58. The largest absolute Gasteiger partial charge is 0.459 e. The molecule has 2 heterocycles. The van der Waals surface area contributed by atoms with Crippen LogP contribution in [0, 0.1) is 0 Å². The van der Waals surface area contributed by atoms with Gasteiger partial charge in [-0.3, -0.25) is 34.6 Å². The Morgan fingerprint density at radius 1 is 1.14 bits per heavy atom. The summed E-state index contributed by atoms with van der Waals surface area (Å²) >= 11 is 0. The minimum absolute atomic E-state index is 0.0239. The molecule has 3 aromatic rings. The van der Waals surface area contributed by atoms with Gasteiger partial charge in [-0.1, -0.05) is 12.1 Å². The molecule has 0 saturated carbocycles. The van der Waals surface area contributed by atoms with Crippen LogP contribution in [0.25, 0.3) is 10.9 Å². The molecule has 3 rings (SSSR count). The number of carbonyl (C=O) groups excluding carboxylic acids is 3. The average molecular weight is 398 g/mol. The number of nitrogens with one attached hydrogen (secondary N) is 2. The van der Waals surface area contributed by atoms with Gasteiger partial charge in [-0.25, -0.2) is 4.98 Å². The van der Waals surface area contributed by atoms with E-state index in [0.29, 0.717) is 16.7 Å². The lowest BCUT2D eigenvalue weighted by Gasteiger charge is -2.09. The van der Waals surface area contributed by atoms with Crippen molar-refractivity contribution in [2.75, 3.05) is 6.61 Å². The highest BCUT2D eigenvalue weighted by molar-refractivity contribution is 5.93. The molecule has 150 valence electrons. The maximum atomic E-state index is 12.3. The minimum Gasteiger partial charge on any atom is -0.459 e. The summed E-state index contributed by atoms with van der Waals surface area (Å²) in [5, 5.41) is 0.495. The second-order valence-electron chi connectivity index (χ2n) is 6.05. The number of aromatic nitrogens is 2. The van der Waals surface area contributed by atoms with Crippen LogP contribution in [0.1, 0.15) is 22.8 Å². The molecule has 0 aliphatic rings. The van der Waals surface area contributed by atoms with Crippen molar-refractivity contribution < 1.29 is 23.5 Å². The number of hydrogen-bond acceptors (Lipinski definition) is 7. The molecule has 0 spiro atoms. The highest BCUT2D eigenvalue weighted by Gasteiger charge is 2.13. The summed E-state index contributed by atoms with van der Waals surface area (Å²) in [6.45, 7) is -0.568. The van der Waals surface area contributed by atoms with Crippen molar-refractivity contribution >= 4 is 28.7 Å². The lowest BCUT2D eigenvalue weighted by molar-refractivity contribution is -0.148. The fourth-order valence-corrected chi connectivity index (χ4v) is 2.55. The van der Waals surface area contributed by atoms with E-state index in [2.05, 4.69) is 15.8 Å². The molecule has 2 aromatic heterocycles. The number of hydrazine groups is 1. The van der Waals surface area contributed by atoms with Crippen molar-refractivity contribution in [3.63, 3.8) is 0 Å². The Bertz CT molecular complexity index is 1100. The van der Waals surface area contributed by atoms with Crippen molar-refractivity contribution in [3.05, 3.63) is 64.6 Å². The van der Waals surface area contributed by atoms with Gasteiger partial charge in [0, 0.05) is 13.5 Å². The maximum absolute atomic E-state index is 12.3. The molecule has 0 aliphatic carbocycles. The Morgan fingerprint density at radius 3 is 2.69 bits per heavy atom. The summed E-state index contributed by atoms with van der Waals surface area (Å²) in [6.07, 6.45) is 1.43. The molecule has 0 bridgehead atoms. The van der Waals surface area contributed by atoms with E-state index in [1.54, 1.807) is 31.3 Å². The van der Waals surface area contributed by atoms with Gasteiger partial charge in [-0.15, -0.1) is 0 Å². The number of ether oxygens (including phenoxy) is 1. The van der Waals surface area contributed by atoms with Gasteiger partial charge in [-0.2, -0.15) is 0 Å². The number of fused-ring (bicyclic) bond motifs is 1. The SMILES string of the molecule is Cn1c(CCC(=O)OCC(=O)NNC(=O)c2ccco2)nc2ccccc2c1=O. The van der Waals surface area contributed by atoms with E-state index in [0.717, 1.165) is 0 Å². The van der Waals surface area contributed by atoms with Crippen molar-refractivity contribution in [3.8, 4) is 0 Å². The van der Waals surface area contributed by atoms with Crippen LogP contribution in [0.15, 0.2) is 51.9 Å². The van der Waals surface area contributed by atoms with Crippen LogP contribution in [0.5, 0.6) is 0 Å². The van der Waals surface area contributed by atoms with Gasteiger partial charge in [0.25, 0.3) is 11.5 Å². The van der Waals surface area contributed by atoms with Crippen LogP contribution in [0.4, 0.5) is 0 Å². The molecule has 2 N–H and O–H groups in total. The molecule has 0 fully saturated rings. The van der Waals surface area contributed by atoms with Gasteiger partial charge >= 0.3 is 11.9 Å². The van der Waals surface area contributed by atoms with Crippen LogP contribution in [-0.4, -0.2) is 33.9 Å². The van der Waals surface area contributed by atoms with E-state index in [1.165, 1.54) is 23.0 Å². The third-order valence-electron chi connectivity index (χ3n) is 4.05. The third kappa shape index (κ3) is 4.86. The molecule has 29 heavy (non-hydrogen) atoms. The quantitative estimate of drug-likeness (QED) is 0.455. The Labute approximate surface area is 164 Å². The van der Waals surface area contributed by atoms with E-state index in [9.17, 15) is 19.2 Å². The average Bonchev–Trinajstić information content (AvgIpc) is 3.27. The normalized spacial score (nSPS) is 10.5. The first-order valence-electron chi connectivity index (χ1n) is 8.68. The first-order valence-corrected chi connectivity index (χ1v) is 8.68. The van der Waals surface area contributed by atoms with Crippen molar-refractivity contribution in [2.45, 2.75) is 12.8 Å². The predicted molar refractivity (Wildman–Crippen MR) is 101 cm³/mol. The molecule has 10 heteroatoms. The molecule has 0 radical (unpaired) electrons. The van der Waals surface area contributed by atoms with Crippen LogP contribution in [0.3, 0.4) is 0 Å². The Balaban J connectivity index is 1.47. The first kappa shape index (κ1) is 19.8. The van der Waals surface area contributed by atoms with Gasteiger partial charge in [0.2, 0.25) is 0 Å². The predicted octanol–water partition coefficient (Wildman–Crippen LogP) is 0.464. The highest BCUT2D eigenvalue weighted by Crippen LogP contribution is 2.08. The van der Waals surface area contributed by atoms with Crippen LogP contribution < -0.4 is 16.4 Å². The monoisotopic (exact) mass is 398 g/mol. The summed E-state index contributed by atoms with van der Waals surface area (Å²) in [5.74, 6) is -1.54. The lowest BCUT2D eigenvalue weighted by atomic mass is 10.2. The minimum atomic E-state index is -0.713. The maximum Gasteiger partial charge on any atom is 0.306 e. The number of aryl methyl sites for hydroxylation is 1. The number of carbonyl (C=O) groups is 3. The molecule has 0 aliphatic heterocycles. The molecule has 1 aromatic carbocycles. The smallest absolute Gasteiger partial charge is 0.306 e. The third-order valence-corrected chi connectivity index (χ3v) is 4.05. The Morgan fingerprint density at radius 2 is 1.93 bits per heavy atom. The van der Waals surface area contributed by atoms with Gasteiger partial charge in [0.05, 0.1) is 23.6 Å². The lowest BCUT2D eigenvalue weighted by Crippen LogP contribution is -2.43. The molecule has 0 unspecified atom stereocenters. The number of benzene rings is 1. The zero-order valence-electron chi connectivity index (χ0n) is 15.5. The van der Waals surface area contributed by atoms with E-state index in [-0.39, 0.29) is 24.2 Å². The van der Waals surface area contributed by atoms with Gasteiger partial charge in [0.1, 0.15) is 5.82 Å². The van der Waals surface area contributed by atoms with Crippen LogP contribution >= 0.6 is 0 Å². The number of esters is 1. The molecular weight excluding hydrogens is 380 g/mol. The zero-order valence-corrected chi connectivity index (χ0v) is 15.5. The molecule has 0 saturated heterocycles. The molecule has 0 atom stereocenters. The Kier molecular flexibility index (Phi) is 6.03. The second kappa shape index (κ2) is 8.83. The Hall–Kier alpha value is -3.95. The number of amides is 2. The number of nitrogens with zero attached hydrogens (tertiary/aromatic N) is 2. The van der Waals surface area contributed by atoms with Crippen molar-refractivity contribution in [1.29, 1.82) is 0 Å². The second-order valence-corrected chi connectivity index (χ2v) is 6.05. The summed E-state index contributed by atoms with van der Waals surface area (Å²) in [6, 6.07) is 9.89. The standard InChI is InChI=1S/C19H18N4O6/c1-23-15(20-13-6-3-2-5-12(13)19(23)27)8-9-17(25)29-11-16(24)21-22-18(26)14-7-4-10-28-14/h2-7,10H,8-9,11H2,1H3,(H,21,24)(H,22,26). The van der Waals surface area contributed by atoms with Crippen molar-refractivity contribution in [1.82, 2.24) is 20.4 Å². The number of para-hydroxylation sites is 1.